The van der Waals surface area contributed by atoms with Crippen LogP contribution in [0.15, 0.2) is 6.20 Å². The average molecular weight is 305 g/mol. The van der Waals surface area contributed by atoms with Crippen molar-refractivity contribution < 1.29 is 14.0 Å². The van der Waals surface area contributed by atoms with Gasteiger partial charge in [-0.1, -0.05) is 0 Å². The zero-order chi connectivity index (χ0) is 16.0. The van der Waals surface area contributed by atoms with Gasteiger partial charge in [0.2, 0.25) is 11.8 Å². The normalized spacial score (nSPS) is 23.1. The van der Waals surface area contributed by atoms with E-state index in [1.807, 2.05) is 27.7 Å². The van der Waals surface area contributed by atoms with Crippen molar-refractivity contribution in [1.82, 2.24) is 9.97 Å². The highest BCUT2D eigenvalue weighted by molar-refractivity contribution is 6.63. The van der Waals surface area contributed by atoms with Crippen molar-refractivity contribution in [3.63, 3.8) is 0 Å². The van der Waals surface area contributed by atoms with Crippen LogP contribution in [0.25, 0.3) is 0 Å². The van der Waals surface area contributed by atoms with Gasteiger partial charge in [-0.3, -0.25) is 0 Å². The van der Waals surface area contributed by atoms with Gasteiger partial charge in [-0.2, -0.15) is 4.98 Å². The van der Waals surface area contributed by atoms with E-state index >= 15 is 0 Å². The Hall–Kier alpha value is -1.34. The van der Waals surface area contributed by atoms with Crippen molar-refractivity contribution >= 4 is 18.5 Å². The van der Waals surface area contributed by atoms with Gasteiger partial charge in [0.25, 0.3) is 0 Å². The van der Waals surface area contributed by atoms with Gasteiger partial charge in [-0.05, 0) is 40.5 Å². The summed E-state index contributed by atoms with van der Waals surface area (Å²) >= 11 is 0. The number of hydrogen-bond acceptors (Lipinski definition) is 6. The molecule has 0 atom stereocenters. The molecule has 0 saturated carbocycles. The van der Waals surface area contributed by atoms with Gasteiger partial charge in [-0.25, -0.2) is 4.98 Å². The first-order valence-corrected chi connectivity index (χ1v) is 7.85. The van der Waals surface area contributed by atoms with E-state index in [2.05, 4.69) is 14.9 Å². The lowest BCUT2D eigenvalue weighted by molar-refractivity contribution is 0.00578. The molecule has 120 valence electrons. The zero-order valence-corrected chi connectivity index (χ0v) is 14.0. The van der Waals surface area contributed by atoms with Gasteiger partial charge in [-0.15, -0.1) is 0 Å². The Bertz CT molecular complexity index is 543. The highest BCUT2D eigenvalue weighted by atomic mass is 16.7. The van der Waals surface area contributed by atoms with Gasteiger partial charge in [0.1, 0.15) is 0 Å². The van der Waals surface area contributed by atoms with Crippen LogP contribution in [0, 0.1) is 0 Å². The molecule has 0 radical (unpaired) electrons. The third-order valence-corrected chi connectivity index (χ3v) is 4.86. The summed E-state index contributed by atoms with van der Waals surface area (Å²) in [5.74, 6) is 1.24. The highest BCUT2D eigenvalue weighted by Crippen LogP contribution is 2.37. The minimum atomic E-state index is -0.507. The first-order chi connectivity index (χ1) is 10.3. The molecule has 22 heavy (non-hydrogen) atoms. The maximum Gasteiger partial charge on any atom is 0.502 e. The number of hydrogen-bond donors (Lipinski definition) is 0. The van der Waals surface area contributed by atoms with E-state index in [-0.39, 0.29) is 0 Å². The van der Waals surface area contributed by atoms with Crippen molar-refractivity contribution in [3.05, 3.63) is 6.20 Å². The van der Waals surface area contributed by atoms with E-state index in [4.69, 9.17) is 14.0 Å². The average Bonchev–Trinajstić information content (AvgIpc) is 3.05. The van der Waals surface area contributed by atoms with Crippen LogP contribution in [0.1, 0.15) is 40.5 Å². The van der Waals surface area contributed by atoms with E-state index in [1.54, 1.807) is 13.3 Å². The van der Waals surface area contributed by atoms with Gasteiger partial charge >= 0.3 is 7.12 Å². The number of nitrogens with zero attached hydrogens (tertiary/aromatic N) is 3. The van der Waals surface area contributed by atoms with Crippen molar-refractivity contribution in [2.45, 2.75) is 51.7 Å². The molecule has 0 unspecified atom stereocenters. The lowest BCUT2D eigenvalue weighted by Crippen LogP contribution is -2.41. The molecule has 1 aromatic rings. The standard InChI is InChI=1S/C15H24BN3O3/c1-14(2)15(3,4)22-16(21-14)11-10-17-13(18-12(11)20-5)19-8-6-7-9-19/h10H,6-9H2,1-5H3. The lowest BCUT2D eigenvalue weighted by Gasteiger charge is -2.32. The predicted octanol–water partition coefficient (Wildman–Crippen LogP) is 1.38. The Labute approximate surface area is 132 Å². The molecule has 2 fully saturated rings. The fraction of sp³-hybridized carbons (Fsp3) is 0.733. The molecule has 1 aromatic heterocycles. The van der Waals surface area contributed by atoms with Crippen molar-refractivity contribution in [1.29, 1.82) is 0 Å². The number of rotatable bonds is 3. The minimum Gasteiger partial charge on any atom is -0.481 e. The molecule has 3 rings (SSSR count). The molecule has 6 nitrogen and oxygen atoms in total. The second-order valence-corrected chi connectivity index (χ2v) is 6.92. The molecule has 0 spiro atoms. The Morgan fingerprint density at radius 2 is 1.73 bits per heavy atom. The number of aromatic nitrogens is 2. The Kier molecular flexibility index (Phi) is 3.81. The maximum atomic E-state index is 6.06. The summed E-state index contributed by atoms with van der Waals surface area (Å²) in [5.41, 5.74) is -0.0452. The summed E-state index contributed by atoms with van der Waals surface area (Å²) in [5, 5.41) is 0. The Morgan fingerprint density at radius 1 is 1.14 bits per heavy atom. The third kappa shape index (κ3) is 2.56. The molecular weight excluding hydrogens is 281 g/mol. The van der Waals surface area contributed by atoms with E-state index in [0.717, 1.165) is 24.5 Å². The molecule has 0 bridgehead atoms. The number of anilines is 1. The van der Waals surface area contributed by atoms with E-state index in [9.17, 15) is 0 Å². The second kappa shape index (κ2) is 5.39. The van der Waals surface area contributed by atoms with Gasteiger partial charge in [0.15, 0.2) is 0 Å². The van der Waals surface area contributed by atoms with Crippen LogP contribution in [0.4, 0.5) is 5.95 Å². The Morgan fingerprint density at radius 3 is 2.27 bits per heavy atom. The fourth-order valence-electron chi connectivity index (χ4n) is 2.73. The molecule has 2 aliphatic heterocycles. The largest absolute Gasteiger partial charge is 0.502 e. The first kappa shape index (κ1) is 15.6. The lowest BCUT2D eigenvalue weighted by atomic mass is 9.81. The highest BCUT2D eigenvalue weighted by Gasteiger charge is 2.53. The van der Waals surface area contributed by atoms with Crippen LogP contribution in [0.3, 0.4) is 0 Å². The van der Waals surface area contributed by atoms with Crippen molar-refractivity contribution in [2.75, 3.05) is 25.1 Å². The molecule has 0 aromatic carbocycles. The smallest absolute Gasteiger partial charge is 0.481 e. The molecular formula is C15H24BN3O3. The fourth-order valence-corrected chi connectivity index (χ4v) is 2.73. The summed E-state index contributed by atoms with van der Waals surface area (Å²) in [6.45, 7) is 10.1. The van der Waals surface area contributed by atoms with Crippen molar-refractivity contribution in [2.24, 2.45) is 0 Å². The maximum absolute atomic E-state index is 6.06. The van der Waals surface area contributed by atoms with Crippen LogP contribution < -0.4 is 15.1 Å². The van der Waals surface area contributed by atoms with E-state index in [0.29, 0.717) is 5.88 Å². The van der Waals surface area contributed by atoms with Crippen LogP contribution in [0.2, 0.25) is 0 Å². The quantitative estimate of drug-likeness (QED) is 0.787. The van der Waals surface area contributed by atoms with E-state index < -0.39 is 18.3 Å². The van der Waals surface area contributed by atoms with Crippen LogP contribution >= 0.6 is 0 Å². The van der Waals surface area contributed by atoms with Gasteiger partial charge < -0.3 is 18.9 Å². The monoisotopic (exact) mass is 305 g/mol. The summed E-state index contributed by atoms with van der Waals surface area (Å²) in [6.07, 6.45) is 4.14. The van der Waals surface area contributed by atoms with Crippen molar-refractivity contribution in [3.8, 4) is 5.88 Å². The molecule has 0 N–H and O–H groups in total. The first-order valence-electron chi connectivity index (χ1n) is 7.85. The Balaban J connectivity index is 1.88. The number of methoxy groups -OCH3 is 1. The van der Waals surface area contributed by atoms with Gasteiger partial charge in [0.05, 0.1) is 23.8 Å². The third-order valence-electron chi connectivity index (χ3n) is 4.86. The SMILES string of the molecule is COc1nc(N2CCCC2)ncc1B1OC(C)(C)C(C)(C)O1. The van der Waals surface area contributed by atoms with Crippen LogP contribution in [0.5, 0.6) is 5.88 Å². The second-order valence-electron chi connectivity index (χ2n) is 6.92. The molecule has 7 heteroatoms. The molecule has 3 heterocycles. The summed E-state index contributed by atoms with van der Waals surface area (Å²) in [7, 11) is 1.11. The van der Waals surface area contributed by atoms with E-state index in [1.165, 1.54) is 12.8 Å². The topological polar surface area (TPSA) is 56.7 Å². The van der Waals surface area contributed by atoms with Gasteiger partial charge in [0, 0.05) is 19.3 Å². The molecule has 0 aliphatic carbocycles. The molecule has 0 amide bonds. The number of ether oxygens (including phenoxy) is 1. The summed E-state index contributed by atoms with van der Waals surface area (Å²) in [4.78, 5) is 11.2. The predicted molar refractivity (Wildman–Crippen MR) is 85.7 cm³/mol. The van der Waals surface area contributed by atoms with Crippen LogP contribution in [-0.4, -0.2) is 48.5 Å². The summed E-state index contributed by atoms with van der Waals surface area (Å²) < 4.78 is 17.6. The molecule has 2 saturated heterocycles. The zero-order valence-electron chi connectivity index (χ0n) is 14.0. The molecule has 2 aliphatic rings. The summed E-state index contributed by atoms with van der Waals surface area (Å²) in [6, 6.07) is 0. The minimum absolute atomic E-state index is 0.393. The van der Waals surface area contributed by atoms with Crippen LogP contribution in [-0.2, 0) is 9.31 Å².